The number of rotatable bonds is 12. The fraction of sp³-hybridized carbons (Fsp3) is 0.912. The molecule has 0 spiro atoms. The summed E-state index contributed by atoms with van der Waals surface area (Å²) in [5.74, 6) is -1.64. The van der Waals surface area contributed by atoms with E-state index < -0.39 is 24.0 Å². The summed E-state index contributed by atoms with van der Waals surface area (Å²) in [6.07, 6.45) is 7.16. The maximum absolute atomic E-state index is 14.0. The van der Waals surface area contributed by atoms with Crippen LogP contribution in [0, 0.1) is 58.2 Å². The van der Waals surface area contributed by atoms with E-state index in [9.17, 15) is 18.0 Å². The number of methoxy groups -OCH3 is 2. The highest BCUT2D eigenvalue weighted by Crippen LogP contribution is 2.68. The topological polar surface area (TPSA) is 63.2 Å². The molecule has 4 rings (SSSR count). The largest absolute Gasteiger partial charge is 0.466 e. The van der Waals surface area contributed by atoms with E-state index >= 15 is 0 Å². The van der Waals surface area contributed by atoms with E-state index in [1.165, 1.54) is 13.0 Å². The molecule has 0 N–H and O–H groups in total. The second-order valence-electron chi connectivity index (χ2n) is 14.4. The fourth-order valence-corrected chi connectivity index (χ4v) is 10.2. The lowest BCUT2D eigenvalue weighted by molar-refractivity contribution is -0.213. The third-order valence-corrected chi connectivity index (χ3v) is 12.3. The normalized spacial score (nSPS) is 39.9. The molecular weight excluding hydrogens is 561 g/mol. The monoisotopic (exact) mass is 616 g/mol. The first-order chi connectivity index (χ1) is 20.3. The summed E-state index contributed by atoms with van der Waals surface area (Å²) in [7, 11) is 3.33. The van der Waals surface area contributed by atoms with Gasteiger partial charge < -0.3 is 23.7 Å². The van der Waals surface area contributed by atoms with Crippen LogP contribution < -0.4 is 0 Å². The number of esters is 1. The highest BCUT2D eigenvalue weighted by molar-refractivity contribution is 5.72. The van der Waals surface area contributed by atoms with Gasteiger partial charge in [0.05, 0.1) is 30.7 Å². The zero-order valence-electron chi connectivity index (χ0n) is 27.3. The van der Waals surface area contributed by atoms with Crippen LogP contribution in [-0.4, -0.2) is 58.8 Å². The minimum Gasteiger partial charge on any atom is -0.466 e. The molecular formula is C34H55F3O6. The van der Waals surface area contributed by atoms with Gasteiger partial charge in [-0.2, -0.15) is 13.2 Å². The van der Waals surface area contributed by atoms with Gasteiger partial charge in [0.15, 0.2) is 0 Å². The van der Waals surface area contributed by atoms with Crippen molar-refractivity contribution in [2.45, 2.75) is 104 Å². The van der Waals surface area contributed by atoms with Gasteiger partial charge >= 0.3 is 12.1 Å². The van der Waals surface area contributed by atoms with Crippen LogP contribution >= 0.6 is 0 Å². The lowest BCUT2D eigenvalue weighted by Crippen LogP contribution is -2.59. The quantitative estimate of drug-likeness (QED) is 0.127. The van der Waals surface area contributed by atoms with Crippen molar-refractivity contribution >= 4 is 5.97 Å². The van der Waals surface area contributed by atoms with Crippen LogP contribution in [0.4, 0.5) is 13.2 Å². The van der Waals surface area contributed by atoms with Crippen LogP contribution in [0.2, 0.25) is 0 Å². The number of hydrogen-bond acceptors (Lipinski definition) is 6. The maximum atomic E-state index is 14.0. The molecule has 0 aromatic rings. The average molecular weight is 617 g/mol. The van der Waals surface area contributed by atoms with Crippen molar-refractivity contribution in [3.05, 3.63) is 12.2 Å². The number of alkyl halides is 3. The van der Waals surface area contributed by atoms with Crippen molar-refractivity contribution in [2.24, 2.45) is 58.2 Å². The fourth-order valence-electron chi connectivity index (χ4n) is 10.2. The molecule has 4 aliphatic carbocycles. The molecule has 43 heavy (non-hydrogen) atoms. The van der Waals surface area contributed by atoms with Crippen LogP contribution in [0.5, 0.6) is 0 Å². The molecule has 0 aromatic heterocycles. The van der Waals surface area contributed by atoms with E-state index in [0.717, 1.165) is 51.4 Å². The lowest BCUT2D eigenvalue weighted by Gasteiger charge is -2.63. The van der Waals surface area contributed by atoms with Crippen molar-refractivity contribution < 1.29 is 41.7 Å². The van der Waals surface area contributed by atoms with Crippen LogP contribution in [0.3, 0.4) is 0 Å². The van der Waals surface area contributed by atoms with E-state index in [2.05, 4.69) is 20.8 Å². The molecule has 0 amide bonds. The number of allylic oxidation sites excluding steroid dienone is 2. The summed E-state index contributed by atoms with van der Waals surface area (Å²) >= 11 is 0. The molecule has 1 unspecified atom stereocenters. The lowest BCUT2D eigenvalue weighted by atomic mass is 9.43. The summed E-state index contributed by atoms with van der Waals surface area (Å²) in [5, 5.41) is 0. The number of halogens is 3. The summed E-state index contributed by atoms with van der Waals surface area (Å²) < 4.78 is 70.0. The Morgan fingerprint density at radius 1 is 0.884 bits per heavy atom. The van der Waals surface area contributed by atoms with E-state index in [1.807, 2.05) is 0 Å². The van der Waals surface area contributed by atoms with Gasteiger partial charge in [-0.05, 0) is 105 Å². The number of fused-ring (bicyclic) bond motifs is 5. The summed E-state index contributed by atoms with van der Waals surface area (Å²) in [6, 6.07) is 0. The third kappa shape index (κ3) is 7.00. The van der Waals surface area contributed by atoms with Crippen LogP contribution in [0.15, 0.2) is 12.2 Å². The van der Waals surface area contributed by atoms with Gasteiger partial charge in [0.1, 0.15) is 13.6 Å². The second kappa shape index (κ2) is 14.1. The number of carbonyl (C=O) groups is 1. The summed E-state index contributed by atoms with van der Waals surface area (Å²) in [5.41, 5.74) is 0.210. The first-order valence-electron chi connectivity index (χ1n) is 16.4. The molecule has 0 aliphatic heterocycles. The van der Waals surface area contributed by atoms with E-state index in [1.54, 1.807) is 27.2 Å². The second-order valence-corrected chi connectivity index (χ2v) is 14.4. The molecule has 0 bridgehead atoms. The molecule has 0 radical (unpaired) electrons. The van der Waals surface area contributed by atoms with Crippen molar-refractivity contribution in [3.63, 3.8) is 0 Å². The SMILES string of the molecule is CCOC(=O)C(C)[C@@H](/C=C/[C@@H](C)[C@H]1CC[C@H]2[C@@H]3C[C@H](OCOC)[C@@H]4C[C@H](OCOC)CC[C@]4(C)[C@H]3CC[C@]12C)C(F)(F)F. The Bertz CT molecular complexity index is 957. The number of ether oxygens (including phenoxy) is 5. The minimum absolute atomic E-state index is 0.0216. The van der Waals surface area contributed by atoms with Gasteiger partial charge in [0, 0.05) is 14.2 Å². The molecule has 0 aromatic carbocycles. The van der Waals surface area contributed by atoms with E-state index in [4.69, 9.17) is 23.7 Å². The molecule has 9 heteroatoms. The number of hydrogen-bond donors (Lipinski definition) is 0. The van der Waals surface area contributed by atoms with Gasteiger partial charge in [-0.15, -0.1) is 0 Å². The van der Waals surface area contributed by atoms with Gasteiger partial charge in [0.2, 0.25) is 0 Å². The Labute approximate surface area is 256 Å². The first kappa shape index (κ1) is 34.7. The molecule has 6 nitrogen and oxygen atoms in total. The molecule has 4 aliphatic rings. The predicted octanol–water partition coefficient (Wildman–Crippen LogP) is 7.80. The predicted molar refractivity (Wildman–Crippen MR) is 158 cm³/mol. The Morgan fingerprint density at radius 2 is 1.53 bits per heavy atom. The van der Waals surface area contributed by atoms with Crippen LogP contribution in [0.25, 0.3) is 0 Å². The minimum atomic E-state index is -4.51. The molecule has 12 atom stereocenters. The summed E-state index contributed by atoms with van der Waals surface area (Å²) in [6.45, 7) is 10.5. The third-order valence-electron chi connectivity index (χ3n) is 12.3. The molecule has 0 heterocycles. The highest BCUT2D eigenvalue weighted by Gasteiger charge is 2.63. The number of carbonyl (C=O) groups excluding carboxylic acids is 1. The zero-order chi connectivity index (χ0) is 31.6. The van der Waals surface area contributed by atoms with Gasteiger partial charge in [-0.25, -0.2) is 0 Å². The van der Waals surface area contributed by atoms with Gasteiger partial charge in [0.25, 0.3) is 0 Å². The van der Waals surface area contributed by atoms with Gasteiger partial charge in [-0.3, -0.25) is 4.79 Å². The zero-order valence-corrected chi connectivity index (χ0v) is 27.3. The Balaban J connectivity index is 1.53. The first-order valence-corrected chi connectivity index (χ1v) is 16.4. The van der Waals surface area contributed by atoms with Gasteiger partial charge in [-0.1, -0.05) is 39.8 Å². The molecule has 4 saturated carbocycles. The standard InChI is InChI=1S/C34H55F3O6/c1-8-41-31(38)22(3)26(34(35,36)37)10-9-21(2)25-11-12-27-24-18-30(43-20-40-7)29-17-23(42-19-39-6)13-15-33(29,5)28(24)14-16-32(25,27)4/h9-10,21-30H,8,11-20H2,1-7H3/b10-9+/t21-,22?,23-,24+,25-,26-,27+,28+,29+,30+,32-,33-/m1/s1. The van der Waals surface area contributed by atoms with Crippen molar-refractivity contribution in [1.29, 1.82) is 0 Å². The highest BCUT2D eigenvalue weighted by atomic mass is 19.4. The van der Waals surface area contributed by atoms with E-state index in [0.29, 0.717) is 36.4 Å². The smallest absolute Gasteiger partial charge is 0.395 e. The molecule has 4 fully saturated rings. The Hall–Kier alpha value is -1.16. The average Bonchev–Trinajstić information content (AvgIpc) is 3.31. The molecule has 0 saturated heterocycles. The Morgan fingerprint density at radius 3 is 2.19 bits per heavy atom. The summed E-state index contributed by atoms with van der Waals surface area (Å²) in [4.78, 5) is 12.2. The Kier molecular flexibility index (Phi) is 11.4. The van der Waals surface area contributed by atoms with Crippen LogP contribution in [0.1, 0.15) is 86.0 Å². The maximum Gasteiger partial charge on any atom is 0.395 e. The van der Waals surface area contributed by atoms with E-state index in [-0.39, 0.29) is 42.4 Å². The van der Waals surface area contributed by atoms with Crippen molar-refractivity contribution in [2.75, 3.05) is 34.4 Å². The van der Waals surface area contributed by atoms with Crippen molar-refractivity contribution in [3.8, 4) is 0 Å². The van der Waals surface area contributed by atoms with Crippen LogP contribution in [-0.2, 0) is 28.5 Å². The van der Waals surface area contributed by atoms with Crippen molar-refractivity contribution in [1.82, 2.24) is 0 Å². The molecule has 248 valence electrons.